The molecule has 1 aromatic heterocycles. The van der Waals surface area contributed by atoms with Gasteiger partial charge in [-0.1, -0.05) is 32.0 Å². The molecule has 3 aromatic rings. The number of benzene rings is 2. The summed E-state index contributed by atoms with van der Waals surface area (Å²) in [5.41, 5.74) is 3.45. The number of halogens is 1. The Morgan fingerprint density at radius 1 is 1.16 bits per heavy atom. The van der Waals surface area contributed by atoms with Gasteiger partial charge in [-0.05, 0) is 67.1 Å². The normalized spacial score (nSPS) is 15.0. The van der Waals surface area contributed by atoms with Crippen LogP contribution >= 0.6 is 11.3 Å². The van der Waals surface area contributed by atoms with Gasteiger partial charge in [0, 0.05) is 31.4 Å². The molecule has 0 bridgehead atoms. The molecule has 0 saturated heterocycles. The molecule has 0 saturated carbocycles. The van der Waals surface area contributed by atoms with Crippen LogP contribution in [0.5, 0.6) is 5.75 Å². The van der Waals surface area contributed by atoms with E-state index in [1.54, 1.807) is 22.4 Å². The summed E-state index contributed by atoms with van der Waals surface area (Å²) in [6.45, 7) is 10.1. The maximum atomic E-state index is 13.7. The number of aromatic nitrogens is 1. The van der Waals surface area contributed by atoms with E-state index in [9.17, 15) is 14.0 Å². The van der Waals surface area contributed by atoms with Crippen molar-refractivity contribution in [2.24, 2.45) is 5.92 Å². The number of carbonyl (C=O) groups is 2. The molecule has 2 aromatic carbocycles. The van der Waals surface area contributed by atoms with E-state index in [-0.39, 0.29) is 36.2 Å². The van der Waals surface area contributed by atoms with Gasteiger partial charge in [-0.15, -0.1) is 11.3 Å². The SMILES string of the molecule is CCN(CC)C(=O)c1csc(COc2ccc3c(c2)C(c2ccc(F)cc2)N(C(=O)CC(C)C)CC3)n1. The number of rotatable bonds is 9. The Bertz CT molecular complexity index is 1240. The summed E-state index contributed by atoms with van der Waals surface area (Å²) in [6.07, 6.45) is 1.21. The Hall–Kier alpha value is -3.26. The highest BCUT2D eigenvalue weighted by atomic mass is 32.1. The van der Waals surface area contributed by atoms with Gasteiger partial charge in [0.1, 0.15) is 28.9 Å². The van der Waals surface area contributed by atoms with E-state index in [0.717, 1.165) is 28.1 Å². The molecule has 37 heavy (non-hydrogen) atoms. The molecule has 1 unspecified atom stereocenters. The van der Waals surface area contributed by atoms with Crippen LogP contribution in [0.25, 0.3) is 0 Å². The topological polar surface area (TPSA) is 62.7 Å². The first-order chi connectivity index (χ1) is 17.8. The second-order valence-electron chi connectivity index (χ2n) is 9.64. The highest BCUT2D eigenvalue weighted by Gasteiger charge is 2.32. The van der Waals surface area contributed by atoms with Crippen molar-refractivity contribution in [3.63, 3.8) is 0 Å². The molecule has 1 aliphatic heterocycles. The van der Waals surface area contributed by atoms with Gasteiger partial charge in [-0.3, -0.25) is 9.59 Å². The molecule has 1 aliphatic rings. The van der Waals surface area contributed by atoms with Gasteiger partial charge in [0.25, 0.3) is 5.91 Å². The summed E-state index contributed by atoms with van der Waals surface area (Å²) < 4.78 is 19.8. The minimum atomic E-state index is -0.308. The van der Waals surface area contributed by atoms with E-state index in [1.807, 2.05) is 50.8 Å². The van der Waals surface area contributed by atoms with Crippen molar-refractivity contribution in [1.82, 2.24) is 14.8 Å². The van der Waals surface area contributed by atoms with Gasteiger partial charge >= 0.3 is 0 Å². The van der Waals surface area contributed by atoms with Gasteiger partial charge in [0.15, 0.2) is 0 Å². The summed E-state index contributed by atoms with van der Waals surface area (Å²) in [6, 6.07) is 12.0. The number of hydrogen-bond acceptors (Lipinski definition) is 5. The molecule has 2 heterocycles. The number of hydrogen-bond donors (Lipinski definition) is 0. The van der Waals surface area contributed by atoms with Crippen LogP contribution in [0, 0.1) is 11.7 Å². The summed E-state index contributed by atoms with van der Waals surface area (Å²) in [5, 5.41) is 2.49. The van der Waals surface area contributed by atoms with Crippen LogP contribution in [-0.4, -0.2) is 46.2 Å². The fraction of sp³-hybridized carbons (Fsp3) is 0.414. The van der Waals surface area contributed by atoms with Crippen LogP contribution in [0.2, 0.25) is 0 Å². The average molecular weight is 524 g/mol. The smallest absolute Gasteiger partial charge is 0.273 e. The third-order valence-electron chi connectivity index (χ3n) is 6.62. The molecule has 0 radical (unpaired) electrons. The Labute approximate surface area is 222 Å². The number of amides is 2. The third-order valence-corrected chi connectivity index (χ3v) is 7.44. The fourth-order valence-electron chi connectivity index (χ4n) is 4.72. The number of ether oxygens (including phenoxy) is 1. The molecule has 0 aliphatic carbocycles. The van der Waals surface area contributed by atoms with Crippen molar-refractivity contribution in [1.29, 1.82) is 0 Å². The number of thiazole rings is 1. The zero-order chi connectivity index (χ0) is 26.5. The molecule has 0 spiro atoms. The monoisotopic (exact) mass is 523 g/mol. The van der Waals surface area contributed by atoms with E-state index in [1.165, 1.54) is 23.5 Å². The van der Waals surface area contributed by atoms with Crippen LogP contribution in [0.3, 0.4) is 0 Å². The number of fused-ring (bicyclic) bond motifs is 1. The van der Waals surface area contributed by atoms with E-state index in [4.69, 9.17) is 4.74 Å². The molecule has 6 nitrogen and oxygen atoms in total. The minimum Gasteiger partial charge on any atom is -0.486 e. The summed E-state index contributed by atoms with van der Waals surface area (Å²) >= 11 is 1.40. The van der Waals surface area contributed by atoms with E-state index in [2.05, 4.69) is 4.98 Å². The van der Waals surface area contributed by atoms with Crippen LogP contribution in [-0.2, 0) is 17.8 Å². The maximum absolute atomic E-state index is 13.7. The predicted molar refractivity (Wildman–Crippen MR) is 143 cm³/mol. The Morgan fingerprint density at radius 2 is 1.89 bits per heavy atom. The zero-order valence-electron chi connectivity index (χ0n) is 21.9. The Balaban J connectivity index is 1.57. The highest BCUT2D eigenvalue weighted by Crippen LogP contribution is 2.38. The molecular formula is C29H34FN3O3S. The molecule has 0 fully saturated rings. The lowest BCUT2D eigenvalue weighted by Crippen LogP contribution is -2.41. The van der Waals surface area contributed by atoms with Crippen molar-refractivity contribution in [2.45, 2.75) is 53.2 Å². The second kappa shape index (κ2) is 11.9. The first-order valence-electron chi connectivity index (χ1n) is 12.8. The van der Waals surface area contributed by atoms with E-state index in [0.29, 0.717) is 37.5 Å². The quantitative estimate of drug-likeness (QED) is 0.352. The van der Waals surface area contributed by atoms with Crippen molar-refractivity contribution >= 4 is 23.2 Å². The summed E-state index contributed by atoms with van der Waals surface area (Å²) in [4.78, 5) is 33.9. The molecular weight excluding hydrogens is 489 g/mol. The largest absolute Gasteiger partial charge is 0.486 e. The van der Waals surface area contributed by atoms with Gasteiger partial charge in [-0.25, -0.2) is 9.37 Å². The van der Waals surface area contributed by atoms with Crippen molar-refractivity contribution < 1.29 is 18.7 Å². The summed E-state index contributed by atoms with van der Waals surface area (Å²) in [5.74, 6) is 0.619. The molecule has 8 heteroatoms. The molecule has 0 N–H and O–H groups in total. The van der Waals surface area contributed by atoms with Crippen LogP contribution < -0.4 is 4.74 Å². The Morgan fingerprint density at radius 3 is 2.57 bits per heavy atom. The lowest BCUT2D eigenvalue weighted by molar-refractivity contribution is -0.134. The first-order valence-corrected chi connectivity index (χ1v) is 13.7. The fourth-order valence-corrected chi connectivity index (χ4v) is 5.40. The zero-order valence-corrected chi connectivity index (χ0v) is 22.7. The van der Waals surface area contributed by atoms with Gasteiger partial charge in [0.05, 0.1) is 6.04 Å². The molecule has 196 valence electrons. The number of nitrogens with zero attached hydrogens (tertiary/aromatic N) is 3. The number of carbonyl (C=O) groups excluding carboxylic acids is 2. The predicted octanol–water partition coefficient (Wildman–Crippen LogP) is 5.86. The van der Waals surface area contributed by atoms with Crippen molar-refractivity contribution in [2.75, 3.05) is 19.6 Å². The van der Waals surface area contributed by atoms with Crippen molar-refractivity contribution in [3.8, 4) is 5.75 Å². The van der Waals surface area contributed by atoms with Gasteiger partial charge in [0.2, 0.25) is 5.91 Å². The van der Waals surface area contributed by atoms with Crippen LogP contribution in [0.4, 0.5) is 4.39 Å². The maximum Gasteiger partial charge on any atom is 0.273 e. The first kappa shape index (κ1) is 26.8. The summed E-state index contributed by atoms with van der Waals surface area (Å²) in [7, 11) is 0. The van der Waals surface area contributed by atoms with Crippen LogP contribution in [0.15, 0.2) is 47.8 Å². The van der Waals surface area contributed by atoms with Gasteiger partial charge in [-0.2, -0.15) is 0 Å². The van der Waals surface area contributed by atoms with E-state index >= 15 is 0 Å². The highest BCUT2D eigenvalue weighted by molar-refractivity contribution is 7.09. The second-order valence-corrected chi connectivity index (χ2v) is 10.6. The Kier molecular flexibility index (Phi) is 8.59. The lowest BCUT2D eigenvalue weighted by atomic mass is 9.87. The van der Waals surface area contributed by atoms with Crippen molar-refractivity contribution in [3.05, 3.63) is 81.1 Å². The van der Waals surface area contributed by atoms with E-state index < -0.39 is 0 Å². The molecule has 2 amide bonds. The molecule has 1 atom stereocenters. The third kappa shape index (κ3) is 6.18. The lowest BCUT2D eigenvalue weighted by Gasteiger charge is -2.38. The average Bonchev–Trinajstić information content (AvgIpc) is 3.36. The van der Waals surface area contributed by atoms with Gasteiger partial charge < -0.3 is 14.5 Å². The molecule has 4 rings (SSSR count). The minimum absolute atomic E-state index is 0.0745. The standard InChI is InChI=1S/C29H34FN3O3S/c1-5-32(6-2)29(35)25-18-37-26(31-25)17-36-23-12-9-20-13-14-33(27(34)15-19(3)4)28(24(20)16-23)21-7-10-22(30)11-8-21/h7-12,16,18-19,28H,5-6,13-15,17H2,1-4H3. The van der Waals surface area contributed by atoms with Crippen LogP contribution in [0.1, 0.15) is 72.3 Å².